The lowest BCUT2D eigenvalue weighted by Gasteiger charge is -2.20. The summed E-state index contributed by atoms with van der Waals surface area (Å²) in [5.74, 6) is 4.04. The predicted molar refractivity (Wildman–Crippen MR) is 324 cm³/mol. The number of hydrogen-bond acceptors (Lipinski definition) is 6. The molecule has 77 heavy (non-hydrogen) atoms. The van der Waals surface area contributed by atoms with Crippen molar-refractivity contribution in [1.29, 1.82) is 0 Å². The van der Waals surface area contributed by atoms with Gasteiger partial charge in [-0.05, 0) is 102 Å². The van der Waals surface area contributed by atoms with Gasteiger partial charge in [-0.2, -0.15) is 0 Å². The number of para-hydroxylation sites is 1. The van der Waals surface area contributed by atoms with E-state index in [1.807, 2.05) is 119 Å². The molecular weight excluding hydrogens is 941 g/mol. The molecule has 1 fully saturated rings. The average Bonchev–Trinajstić information content (AvgIpc) is 4.30. The molecule has 8 heteroatoms. The zero-order chi connectivity index (χ0) is 53.2. The Kier molecular flexibility index (Phi) is 13.6. The van der Waals surface area contributed by atoms with Gasteiger partial charge in [-0.15, -0.1) is 6.58 Å². The fraction of sp³-hybridized carbons (Fsp3) is 0.0870. The summed E-state index contributed by atoms with van der Waals surface area (Å²) in [7, 11) is 0. The number of fused-ring (bicyclic) bond motifs is 5. The van der Waals surface area contributed by atoms with Gasteiger partial charge in [-0.25, -0.2) is 24.9 Å². The molecule has 0 bridgehead atoms. The molecule has 0 amide bonds. The average molecular weight is 999 g/mol. The molecule has 0 saturated carbocycles. The van der Waals surface area contributed by atoms with E-state index in [1.54, 1.807) is 12.3 Å². The number of aromatic nitrogens is 7. The molecule has 6 heterocycles. The highest BCUT2D eigenvalue weighted by Gasteiger charge is 2.32. The van der Waals surface area contributed by atoms with Gasteiger partial charge >= 0.3 is 0 Å². The van der Waals surface area contributed by atoms with Crippen molar-refractivity contribution in [2.24, 2.45) is 5.92 Å². The summed E-state index contributed by atoms with van der Waals surface area (Å²) < 4.78 is 4.74. The van der Waals surface area contributed by atoms with Gasteiger partial charge in [-0.3, -0.25) is 9.47 Å². The Morgan fingerprint density at radius 1 is 0.455 bits per heavy atom. The largest absolute Gasteiger partial charge is 0.309 e. The Morgan fingerprint density at radius 2 is 1.01 bits per heavy atom. The van der Waals surface area contributed by atoms with Crippen LogP contribution in [0.5, 0.6) is 0 Å². The third kappa shape index (κ3) is 8.79. The van der Waals surface area contributed by atoms with E-state index in [0.29, 0.717) is 17.5 Å². The van der Waals surface area contributed by atoms with E-state index >= 15 is 0 Å². The zero-order valence-electron chi connectivity index (χ0n) is 44.1. The van der Waals surface area contributed by atoms with Crippen LogP contribution in [0.3, 0.4) is 0 Å². The Labute approximate surface area is 449 Å². The van der Waals surface area contributed by atoms with E-state index in [4.69, 9.17) is 19.9 Å². The monoisotopic (exact) mass is 998 g/mol. The first kappa shape index (κ1) is 49.4. The first-order valence-electron chi connectivity index (χ1n) is 26.2. The third-order valence-corrected chi connectivity index (χ3v) is 14.2. The maximum absolute atomic E-state index is 4.99. The molecule has 8 nitrogen and oxygen atoms in total. The molecule has 1 aliphatic heterocycles. The molecule has 0 aliphatic carbocycles. The van der Waals surface area contributed by atoms with Gasteiger partial charge in [0.15, 0.2) is 17.5 Å². The molecule has 1 unspecified atom stereocenters. The molecule has 5 aromatic heterocycles. The van der Waals surface area contributed by atoms with Gasteiger partial charge in [0.1, 0.15) is 11.6 Å². The van der Waals surface area contributed by atoms with Gasteiger partial charge < -0.3 is 4.57 Å². The Bertz CT molecular complexity index is 4270. The summed E-state index contributed by atoms with van der Waals surface area (Å²) >= 11 is 0. The summed E-state index contributed by atoms with van der Waals surface area (Å²) in [5, 5.41) is 9.76. The van der Waals surface area contributed by atoms with E-state index in [9.17, 15) is 0 Å². The van der Waals surface area contributed by atoms with Crippen LogP contribution in [0.2, 0.25) is 0 Å². The van der Waals surface area contributed by atoms with Crippen molar-refractivity contribution in [3.63, 3.8) is 0 Å². The smallest absolute Gasteiger partial charge is 0.164 e. The van der Waals surface area contributed by atoms with Crippen molar-refractivity contribution in [2.75, 3.05) is 4.90 Å². The molecule has 0 radical (unpaired) electrons. The van der Waals surface area contributed by atoms with E-state index in [-0.39, 0.29) is 5.92 Å². The second kappa shape index (κ2) is 21.2. The summed E-state index contributed by atoms with van der Waals surface area (Å²) in [6.45, 7) is 21.6. The van der Waals surface area contributed by atoms with Crippen molar-refractivity contribution in [3.8, 4) is 45.7 Å². The minimum atomic E-state index is 0.285. The normalized spacial score (nSPS) is 13.8. The molecule has 374 valence electrons. The molecule has 13 aromatic rings. The van der Waals surface area contributed by atoms with Gasteiger partial charge in [0.25, 0.3) is 0 Å². The molecular formula is C69H58N8. The number of hydrogen-bond donors (Lipinski definition) is 0. The fourth-order valence-corrected chi connectivity index (χ4v) is 10.7. The number of anilines is 1. The second-order valence-electron chi connectivity index (χ2n) is 18.7. The summed E-state index contributed by atoms with van der Waals surface area (Å²) in [5.41, 5.74) is 11.8. The lowest BCUT2D eigenvalue weighted by molar-refractivity contribution is 0.862. The van der Waals surface area contributed by atoms with E-state index in [1.165, 1.54) is 43.4 Å². The molecule has 1 atom stereocenters. The minimum Gasteiger partial charge on any atom is -0.309 e. The van der Waals surface area contributed by atoms with Crippen molar-refractivity contribution >= 4 is 71.0 Å². The van der Waals surface area contributed by atoms with Crippen molar-refractivity contribution in [3.05, 3.63) is 255 Å². The maximum atomic E-state index is 4.99. The third-order valence-electron chi connectivity index (χ3n) is 14.2. The highest BCUT2D eigenvalue weighted by atomic mass is 15.2. The number of pyridine rings is 2. The van der Waals surface area contributed by atoms with Gasteiger partial charge in [0.05, 0.1) is 22.1 Å². The first-order chi connectivity index (χ1) is 37.8. The summed E-state index contributed by atoms with van der Waals surface area (Å²) in [6, 6.07) is 67.7. The molecule has 1 saturated heterocycles. The van der Waals surface area contributed by atoms with Crippen LogP contribution in [0.1, 0.15) is 34.6 Å². The molecule has 0 N–H and O–H groups in total. The van der Waals surface area contributed by atoms with Crippen LogP contribution in [0.4, 0.5) is 5.82 Å². The molecule has 14 rings (SSSR count). The van der Waals surface area contributed by atoms with Crippen LogP contribution in [0.25, 0.3) is 111 Å². The van der Waals surface area contributed by atoms with Gasteiger partial charge in [0.2, 0.25) is 0 Å². The van der Waals surface area contributed by atoms with Gasteiger partial charge in [0, 0.05) is 73.6 Å². The molecule has 8 aromatic carbocycles. The number of benzene rings is 8. The quantitative estimate of drug-likeness (QED) is 0.122. The first-order valence-corrected chi connectivity index (χ1v) is 26.2. The SMILES string of the molecule is C=C1/C(=C\C)N(c2ccccn2)C(=C)C1C.C=CC.CC.c1ccc(-c2nc(-c3ccccc3)nc(-c3ccc4cc(-n5c6cccc7ccc8c9c%10ccccc%10n(-c%10ccccn%10)c9cc5c8c76)ccc4c3)n2)cc1. The van der Waals surface area contributed by atoms with Crippen LogP contribution in [-0.2, 0) is 0 Å². The lowest BCUT2D eigenvalue weighted by atomic mass is 9.98. The summed E-state index contributed by atoms with van der Waals surface area (Å²) in [4.78, 5) is 26.1. The second-order valence-corrected chi connectivity index (χ2v) is 18.7. The zero-order valence-corrected chi connectivity index (χ0v) is 44.1. The predicted octanol–water partition coefficient (Wildman–Crippen LogP) is 17.9. The minimum absolute atomic E-state index is 0.285. The van der Waals surface area contributed by atoms with Crippen LogP contribution in [-0.4, -0.2) is 34.1 Å². The van der Waals surface area contributed by atoms with Crippen molar-refractivity contribution in [2.45, 2.75) is 34.6 Å². The van der Waals surface area contributed by atoms with E-state index in [0.717, 1.165) is 72.8 Å². The van der Waals surface area contributed by atoms with Crippen molar-refractivity contribution < 1.29 is 0 Å². The standard InChI is InChI=1S/C50H30N6.C14H16N2.C3H6.C2H6/c1-3-12-32(13-4-1)48-52-49(33-14-5-2-6-15-33)54-50(53-48)36-22-21-35-29-37(25-23-34(35)28-36)55-41-19-11-16-31-24-26-39-46-38-17-7-8-18-40(38)56(44-20-9-10-27-51-44)42(46)30-43(55)47(39)45(31)41;1-5-13-11(3)10(2)12(4)16(13)14-8-6-7-9-15-14;1-3-2;1-2/h1-30H;5-10H,3-4H2,1-2H3;3H,1H2,2H3;1-2H3/b;13-5+;;. The fourth-order valence-electron chi connectivity index (χ4n) is 10.7. The van der Waals surface area contributed by atoms with Crippen LogP contribution in [0, 0.1) is 5.92 Å². The lowest BCUT2D eigenvalue weighted by Crippen LogP contribution is -2.16. The van der Waals surface area contributed by atoms with Crippen LogP contribution in [0.15, 0.2) is 255 Å². The highest BCUT2D eigenvalue weighted by molar-refractivity contribution is 6.33. The Morgan fingerprint density at radius 3 is 1.66 bits per heavy atom. The van der Waals surface area contributed by atoms with Crippen LogP contribution < -0.4 is 4.90 Å². The van der Waals surface area contributed by atoms with E-state index < -0.39 is 0 Å². The Balaban J connectivity index is 0.000000254. The van der Waals surface area contributed by atoms with Crippen LogP contribution >= 0.6 is 0 Å². The maximum Gasteiger partial charge on any atom is 0.164 e. The topological polar surface area (TPSA) is 77.5 Å². The molecule has 0 spiro atoms. The van der Waals surface area contributed by atoms with E-state index in [2.05, 4.69) is 161 Å². The van der Waals surface area contributed by atoms with Gasteiger partial charge in [-0.1, -0.05) is 180 Å². The van der Waals surface area contributed by atoms with Crippen molar-refractivity contribution in [1.82, 2.24) is 34.1 Å². The summed E-state index contributed by atoms with van der Waals surface area (Å²) in [6.07, 6.45) is 7.47. The highest BCUT2D eigenvalue weighted by Crippen LogP contribution is 2.46. The Hall–Kier alpha value is -9.79. The number of rotatable bonds is 6. The number of nitrogens with zero attached hydrogens (tertiary/aromatic N) is 8. The number of allylic oxidation sites excluding steroid dienone is 4. The molecule has 1 aliphatic rings.